The van der Waals surface area contributed by atoms with Crippen molar-refractivity contribution in [2.24, 2.45) is 0 Å². The summed E-state index contributed by atoms with van der Waals surface area (Å²) in [6, 6.07) is 11.3. The van der Waals surface area contributed by atoms with E-state index in [0.29, 0.717) is 0 Å². The largest absolute Gasteiger partial charge is 0.541 e. The molecule has 120 valence electrons. The Bertz CT molecular complexity index is 496. The molecule has 0 atom stereocenters. The lowest BCUT2D eigenvalue weighted by Crippen LogP contribution is -2.28. The normalized spacial score (nSPS) is 10.7. The van der Waals surface area contributed by atoms with Gasteiger partial charge in [-0.2, -0.15) is 0 Å². The molecule has 22 heavy (non-hydrogen) atoms. The molecule has 0 amide bonds. The molecule has 0 aromatic heterocycles. The fraction of sp³-hybridized carbons (Fsp3) is 0.450. The van der Waals surface area contributed by atoms with Crippen LogP contribution in [0.2, 0.25) is 19.1 Å². The molecule has 0 unspecified atom stereocenters. The molecule has 0 saturated heterocycles. The van der Waals surface area contributed by atoms with Gasteiger partial charge in [0.1, 0.15) is 5.76 Å². The van der Waals surface area contributed by atoms with Gasteiger partial charge in [-0.05, 0) is 37.2 Å². The van der Waals surface area contributed by atoms with Crippen molar-refractivity contribution in [3.05, 3.63) is 60.0 Å². The van der Waals surface area contributed by atoms with E-state index >= 15 is 0 Å². The highest BCUT2D eigenvalue weighted by atomic mass is 28.4. The predicted molar refractivity (Wildman–Crippen MR) is 100 cm³/mol. The minimum absolute atomic E-state index is 0.971. The average Bonchev–Trinajstić information content (AvgIpc) is 2.49. The SMILES string of the molecule is C=CC[Si](C)(C)OC(=C=Cc1ccccc1)CCCCCC. The van der Waals surface area contributed by atoms with Crippen LogP contribution in [-0.4, -0.2) is 8.32 Å². The van der Waals surface area contributed by atoms with Gasteiger partial charge in [0.25, 0.3) is 0 Å². The summed E-state index contributed by atoms with van der Waals surface area (Å²) >= 11 is 0. The monoisotopic (exact) mass is 314 g/mol. The van der Waals surface area contributed by atoms with Crippen molar-refractivity contribution in [3.8, 4) is 0 Å². The second-order valence-electron chi connectivity index (χ2n) is 6.29. The number of rotatable bonds is 10. The molecule has 0 N–H and O–H groups in total. The van der Waals surface area contributed by atoms with E-state index in [-0.39, 0.29) is 0 Å². The minimum atomic E-state index is -1.71. The van der Waals surface area contributed by atoms with Gasteiger partial charge in [0.05, 0.1) is 0 Å². The Kier molecular flexibility index (Phi) is 8.65. The lowest BCUT2D eigenvalue weighted by Gasteiger charge is -2.23. The van der Waals surface area contributed by atoms with Crippen molar-refractivity contribution in [2.45, 2.75) is 58.2 Å². The molecule has 0 heterocycles. The molecule has 0 saturated carbocycles. The fourth-order valence-electron chi connectivity index (χ4n) is 2.30. The van der Waals surface area contributed by atoms with E-state index in [9.17, 15) is 0 Å². The average molecular weight is 315 g/mol. The smallest absolute Gasteiger partial charge is 0.249 e. The first-order valence-electron chi connectivity index (χ1n) is 8.38. The third-order valence-corrected chi connectivity index (χ3v) is 5.56. The number of unbranched alkanes of at least 4 members (excludes halogenated alkanes) is 3. The van der Waals surface area contributed by atoms with Crippen LogP contribution in [0, 0.1) is 0 Å². The molecular weight excluding hydrogens is 284 g/mol. The van der Waals surface area contributed by atoms with Gasteiger partial charge in [0.15, 0.2) is 0 Å². The highest BCUT2D eigenvalue weighted by Crippen LogP contribution is 2.20. The van der Waals surface area contributed by atoms with Crippen LogP contribution >= 0.6 is 0 Å². The van der Waals surface area contributed by atoms with Crippen LogP contribution in [0.4, 0.5) is 0 Å². The number of hydrogen-bond acceptors (Lipinski definition) is 1. The van der Waals surface area contributed by atoms with Crippen LogP contribution < -0.4 is 0 Å². The predicted octanol–water partition coefficient (Wildman–Crippen LogP) is 6.56. The molecule has 0 aliphatic carbocycles. The van der Waals surface area contributed by atoms with Gasteiger partial charge in [-0.3, -0.25) is 0 Å². The topological polar surface area (TPSA) is 9.23 Å². The van der Waals surface area contributed by atoms with Crippen molar-refractivity contribution in [1.29, 1.82) is 0 Å². The van der Waals surface area contributed by atoms with Crippen LogP contribution in [0.1, 0.15) is 44.6 Å². The molecule has 1 aromatic rings. The molecule has 1 aromatic carbocycles. The molecule has 0 bridgehead atoms. The lowest BCUT2D eigenvalue weighted by atomic mass is 10.1. The second kappa shape index (κ2) is 10.3. The van der Waals surface area contributed by atoms with Crippen LogP contribution in [0.3, 0.4) is 0 Å². The summed E-state index contributed by atoms with van der Waals surface area (Å²) in [5.74, 6) is 1.01. The van der Waals surface area contributed by atoms with Crippen molar-refractivity contribution in [2.75, 3.05) is 0 Å². The maximum Gasteiger partial charge on any atom is 0.249 e. The maximum atomic E-state index is 6.32. The Hall–Kier alpha value is -1.50. The van der Waals surface area contributed by atoms with E-state index in [2.05, 4.69) is 44.5 Å². The first kappa shape index (κ1) is 18.5. The molecule has 2 heteroatoms. The van der Waals surface area contributed by atoms with Gasteiger partial charge in [0, 0.05) is 6.42 Å². The first-order chi connectivity index (χ1) is 10.6. The third kappa shape index (κ3) is 8.07. The Labute approximate surface area is 137 Å². The lowest BCUT2D eigenvalue weighted by molar-refractivity contribution is 0.390. The van der Waals surface area contributed by atoms with E-state index in [4.69, 9.17) is 4.43 Å². The van der Waals surface area contributed by atoms with Gasteiger partial charge in [0.2, 0.25) is 8.32 Å². The van der Waals surface area contributed by atoms with Crippen LogP contribution in [-0.2, 0) is 4.43 Å². The zero-order chi connectivity index (χ0) is 16.3. The Morgan fingerprint density at radius 2 is 1.91 bits per heavy atom. The maximum absolute atomic E-state index is 6.32. The molecule has 1 rings (SSSR count). The summed E-state index contributed by atoms with van der Waals surface area (Å²) in [6.07, 6.45) is 9.99. The highest BCUT2D eigenvalue weighted by molar-refractivity contribution is 6.71. The number of allylic oxidation sites excluding steroid dienone is 2. The Morgan fingerprint density at radius 3 is 2.55 bits per heavy atom. The molecule has 0 aliphatic heterocycles. The summed E-state index contributed by atoms with van der Waals surface area (Å²) in [6.45, 7) is 10.6. The highest BCUT2D eigenvalue weighted by Gasteiger charge is 2.23. The zero-order valence-corrected chi connectivity index (χ0v) is 15.4. The Morgan fingerprint density at radius 1 is 1.18 bits per heavy atom. The van der Waals surface area contributed by atoms with E-state index < -0.39 is 8.32 Å². The first-order valence-corrected chi connectivity index (χ1v) is 11.5. The van der Waals surface area contributed by atoms with Crippen molar-refractivity contribution >= 4 is 14.4 Å². The molecule has 0 fully saturated rings. The summed E-state index contributed by atoms with van der Waals surface area (Å²) in [4.78, 5) is 0. The summed E-state index contributed by atoms with van der Waals surface area (Å²) in [5, 5.41) is 0. The van der Waals surface area contributed by atoms with E-state index in [1.165, 1.54) is 31.2 Å². The third-order valence-electron chi connectivity index (χ3n) is 3.49. The van der Waals surface area contributed by atoms with Crippen molar-refractivity contribution in [3.63, 3.8) is 0 Å². The minimum Gasteiger partial charge on any atom is -0.541 e. The number of benzene rings is 1. The second-order valence-corrected chi connectivity index (χ2v) is 10.4. The van der Waals surface area contributed by atoms with Gasteiger partial charge in [-0.25, -0.2) is 0 Å². The summed E-state index contributed by atoms with van der Waals surface area (Å²) in [5.41, 5.74) is 4.56. The summed E-state index contributed by atoms with van der Waals surface area (Å²) < 4.78 is 6.32. The van der Waals surface area contributed by atoms with Gasteiger partial charge < -0.3 is 4.43 Å². The fourth-order valence-corrected chi connectivity index (χ4v) is 3.91. The molecule has 1 nitrogen and oxygen atoms in total. The van der Waals surface area contributed by atoms with Gasteiger partial charge in [-0.15, -0.1) is 6.58 Å². The van der Waals surface area contributed by atoms with E-state index in [1.54, 1.807) is 0 Å². The molecule has 0 radical (unpaired) electrons. The summed E-state index contributed by atoms with van der Waals surface area (Å²) in [7, 11) is -1.71. The molecular formula is C20H30OSi. The standard InChI is InChI=1S/C20H30OSi/c1-5-7-8-12-15-20(21-22(3,4)18-6-2)17-16-19-13-10-9-11-14-19/h6,9-11,13-14,16H,2,5,7-8,12,15,18H2,1,3-4H3. The van der Waals surface area contributed by atoms with Crippen LogP contribution in [0.25, 0.3) is 6.08 Å². The van der Waals surface area contributed by atoms with Gasteiger partial charge in [-0.1, -0.05) is 68.3 Å². The zero-order valence-electron chi connectivity index (χ0n) is 14.4. The van der Waals surface area contributed by atoms with Crippen LogP contribution in [0.5, 0.6) is 0 Å². The van der Waals surface area contributed by atoms with Crippen molar-refractivity contribution in [1.82, 2.24) is 0 Å². The molecule has 0 aliphatic rings. The van der Waals surface area contributed by atoms with E-state index in [1.807, 2.05) is 30.4 Å². The Balaban J connectivity index is 2.80. The van der Waals surface area contributed by atoms with Gasteiger partial charge >= 0.3 is 0 Å². The van der Waals surface area contributed by atoms with E-state index in [0.717, 1.165) is 18.2 Å². The quantitative estimate of drug-likeness (QED) is 0.156. The van der Waals surface area contributed by atoms with Crippen LogP contribution in [0.15, 0.2) is 54.5 Å². The number of hydrogen-bond donors (Lipinski definition) is 0. The van der Waals surface area contributed by atoms with Crippen molar-refractivity contribution < 1.29 is 4.43 Å². The molecule has 0 spiro atoms.